The monoisotopic (exact) mass is 586 g/mol. The minimum absolute atomic E-state index is 0.141. The molecular formula is C28H28Cl2N4O6. The summed E-state index contributed by atoms with van der Waals surface area (Å²) in [6.07, 6.45) is 2.15. The molecule has 10 nitrogen and oxygen atoms in total. The van der Waals surface area contributed by atoms with Crippen molar-refractivity contribution in [2.75, 3.05) is 31.0 Å². The van der Waals surface area contributed by atoms with Crippen molar-refractivity contribution < 1.29 is 28.6 Å². The lowest BCUT2D eigenvalue weighted by Crippen LogP contribution is -2.32. The summed E-state index contributed by atoms with van der Waals surface area (Å²) in [4.78, 5) is 36.6. The van der Waals surface area contributed by atoms with E-state index >= 15 is 0 Å². The second-order valence-corrected chi connectivity index (χ2v) is 9.18. The van der Waals surface area contributed by atoms with Crippen molar-refractivity contribution in [1.29, 1.82) is 0 Å². The number of anilines is 2. The smallest absolute Gasteiger partial charge is 0.329 e. The molecule has 0 spiro atoms. The number of halogens is 2. The number of amides is 3. The lowest BCUT2D eigenvalue weighted by atomic mass is 10.2. The van der Waals surface area contributed by atoms with Gasteiger partial charge in [-0.2, -0.15) is 5.10 Å². The number of nitrogens with zero attached hydrogens (tertiary/aromatic N) is 1. The summed E-state index contributed by atoms with van der Waals surface area (Å²) in [7, 11) is 1.41. The Hall–Kier alpha value is -4.28. The van der Waals surface area contributed by atoms with E-state index in [0.717, 1.165) is 12.0 Å². The lowest BCUT2D eigenvalue weighted by Gasteiger charge is -2.13. The number of hydrogen-bond acceptors (Lipinski definition) is 7. The molecule has 0 heterocycles. The van der Waals surface area contributed by atoms with Gasteiger partial charge in [0, 0.05) is 16.4 Å². The zero-order valence-electron chi connectivity index (χ0n) is 22.0. The zero-order chi connectivity index (χ0) is 29.1. The van der Waals surface area contributed by atoms with Crippen LogP contribution in [0.1, 0.15) is 24.5 Å². The topological polar surface area (TPSA) is 127 Å². The third-order valence-corrected chi connectivity index (χ3v) is 5.91. The van der Waals surface area contributed by atoms with Crippen LogP contribution in [-0.2, 0) is 14.4 Å². The second kappa shape index (κ2) is 14.8. The van der Waals surface area contributed by atoms with Gasteiger partial charge in [-0.25, -0.2) is 5.43 Å². The van der Waals surface area contributed by atoms with E-state index in [4.69, 9.17) is 37.4 Å². The fraction of sp³-hybridized carbons (Fsp3) is 0.214. The zero-order valence-corrected chi connectivity index (χ0v) is 23.6. The minimum Gasteiger partial charge on any atom is -0.494 e. The van der Waals surface area contributed by atoms with Crippen LogP contribution in [0, 0.1) is 6.92 Å². The maximum Gasteiger partial charge on any atom is 0.329 e. The van der Waals surface area contributed by atoms with Crippen molar-refractivity contribution in [1.82, 2.24) is 5.43 Å². The van der Waals surface area contributed by atoms with E-state index in [1.807, 2.05) is 13.8 Å². The van der Waals surface area contributed by atoms with Crippen LogP contribution < -0.4 is 30.3 Å². The predicted molar refractivity (Wildman–Crippen MR) is 155 cm³/mol. The lowest BCUT2D eigenvalue weighted by molar-refractivity contribution is -0.136. The Bertz CT molecular complexity index is 1400. The summed E-state index contributed by atoms with van der Waals surface area (Å²) >= 11 is 12.4. The Morgan fingerprint density at radius 1 is 0.900 bits per heavy atom. The maximum atomic E-state index is 12.3. The fourth-order valence-electron chi connectivity index (χ4n) is 3.22. The standard InChI is InChI=1S/C28H28Cl2N4O6/c1-4-11-39-21-9-7-19(8-10-21)33-27(36)28(37)34-31-15-18-12-23(30)26(24(13-18)38-3)40-16-25(35)32-20-6-5-17(2)22(29)14-20/h5-10,12-15H,4,11,16H2,1-3H3,(H,32,35)(H,33,36)(H,34,37)/b31-15-. The summed E-state index contributed by atoms with van der Waals surface area (Å²) in [6, 6.07) is 14.8. The van der Waals surface area contributed by atoms with Crippen LogP contribution in [0.25, 0.3) is 0 Å². The summed E-state index contributed by atoms with van der Waals surface area (Å²) in [5, 5.41) is 9.63. The molecular weight excluding hydrogens is 559 g/mol. The molecule has 40 heavy (non-hydrogen) atoms. The van der Waals surface area contributed by atoms with E-state index in [2.05, 4.69) is 21.2 Å². The van der Waals surface area contributed by atoms with Crippen molar-refractivity contribution in [2.45, 2.75) is 20.3 Å². The van der Waals surface area contributed by atoms with E-state index in [9.17, 15) is 14.4 Å². The minimum atomic E-state index is -0.971. The van der Waals surface area contributed by atoms with Gasteiger partial charge < -0.3 is 24.8 Å². The van der Waals surface area contributed by atoms with Crippen LogP contribution in [0.5, 0.6) is 17.2 Å². The van der Waals surface area contributed by atoms with Gasteiger partial charge in [0.15, 0.2) is 18.1 Å². The van der Waals surface area contributed by atoms with Crippen LogP contribution in [0.15, 0.2) is 59.7 Å². The number of hydrogen-bond donors (Lipinski definition) is 3. The van der Waals surface area contributed by atoms with Gasteiger partial charge in [-0.3, -0.25) is 14.4 Å². The van der Waals surface area contributed by atoms with Crippen LogP contribution >= 0.6 is 23.2 Å². The van der Waals surface area contributed by atoms with E-state index in [1.54, 1.807) is 42.5 Å². The van der Waals surface area contributed by atoms with Gasteiger partial charge in [-0.15, -0.1) is 0 Å². The summed E-state index contributed by atoms with van der Waals surface area (Å²) in [6.45, 7) is 4.10. The largest absolute Gasteiger partial charge is 0.494 e. The van der Waals surface area contributed by atoms with Crippen LogP contribution in [0.3, 0.4) is 0 Å². The highest BCUT2D eigenvalue weighted by molar-refractivity contribution is 6.39. The third kappa shape index (κ3) is 8.89. The first-order valence-electron chi connectivity index (χ1n) is 12.1. The van der Waals surface area contributed by atoms with Gasteiger partial charge in [0.25, 0.3) is 5.91 Å². The molecule has 0 saturated carbocycles. The Kier molecular flexibility index (Phi) is 11.2. The van der Waals surface area contributed by atoms with Gasteiger partial charge in [-0.05, 0) is 73.0 Å². The third-order valence-electron chi connectivity index (χ3n) is 5.23. The number of methoxy groups -OCH3 is 1. The molecule has 0 unspecified atom stereocenters. The molecule has 0 fully saturated rings. The van der Waals surface area contributed by atoms with E-state index in [-0.39, 0.29) is 23.1 Å². The highest BCUT2D eigenvalue weighted by atomic mass is 35.5. The van der Waals surface area contributed by atoms with Gasteiger partial charge in [0.05, 0.1) is 25.0 Å². The molecule has 3 amide bonds. The number of rotatable bonds is 11. The number of carbonyl (C=O) groups is 3. The molecule has 0 bridgehead atoms. The quantitative estimate of drug-likeness (QED) is 0.161. The molecule has 3 aromatic rings. The first kappa shape index (κ1) is 30.3. The van der Waals surface area contributed by atoms with Gasteiger partial charge in [0.2, 0.25) is 0 Å². The van der Waals surface area contributed by atoms with Crippen molar-refractivity contribution >= 4 is 58.5 Å². The highest BCUT2D eigenvalue weighted by Gasteiger charge is 2.15. The maximum absolute atomic E-state index is 12.3. The van der Waals surface area contributed by atoms with Gasteiger partial charge >= 0.3 is 11.8 Å². The molecule has 3 N–H and O–H groups in total. The highest BCUT2D eigenvalue weighted by Crippen LogP contribution is 2.36. The Morgan fingerprint density at radius 3 is 2.30 bits per heavy atom. The number of aryl methyl sites for hydroxylation is 1. The molecule has 0 radical (unpaired) electrons. The molecule has 0 atom stereocenters. The van der Waals surface area contributed by atoms with Crippen LogP contribution in [0.4, 0.5) is 11.4 Å². The molecule has 3 rings (SSSR count). The fourth-order valence-corrected chi connectivity index (χ4v) is 3.67. The van der Waals surface area contributed by atoms with Gasteiger partial charge in [0.1, 0.15) is 5.75 Å². The average molecular weight is 587 g/mol. The average Bonchev–Trinajstić information content (AvgIpc) is 2.93. The van der Waals surface area contributed by atoms with E-state index in [1.165, 1.54) is 25.5 Å². The first-order chi connectivity index (χ1) is 19.2. The summed E-state index contributed by atoms with van der Waals surface area (Å²) in [5.41, 5.74) is 4.43. The summed E-state index contributed by atoms with van der Waals surface area (Å²) < 4.78 is 16.4. The normalized spacial score (nSPS) is 10.6. The molecule has 12 heteroatoms. The predicted octanol–water partition coefficient (Wildman–Crippen LogP) is 5.21. The van der Waals surface area contributed by atoms with Crippen molar-refractivity contribution in [3.05, 3.63) is 75.8 Å². The molecule has 0 saturated heterocycles. The number of hydrazone groups is 1. The number of nitrogens with one attached hydrogen (secondary N) is 3. The number of ether oxygens (including phenoxy) is 3. The second-order valence-electron chi connectivity index (χ2n) is 8.36. The van der Waals surface area contributed by atoms with Crippen molar-refractivity contribution in [2.24, 2.45) is 5.10 Å². The van der Waals surface area contributed by atoms with Crippen LogP contribution in [0.2, 0.25) is 10.0 Å². The Morgan fingerprint density at radius 2 is 1.62 bits per heavy atom. The molecule has 0 aliphatic rings. The number of carbonyl (C=O) groups excluding carboxylic acids is 3. The first-order valence-corrected chi connectivity index (χ1v) is 12.9. The van der Waals surface area contributed by atoms with Crippen LogP contribution in [-0.4, -0.2) is 44.3 Å². The number of benzene rings is 3. The molecule has 3 aromatic carbocycles. The molecule has 0 aliphatic heterocycles. The van der Waals surface area contributed by atoms with E-state index < -0.39 is 17.7 Å². The Balaban J connectivity index is 1.54. The SMILES string of the molecule is CCCOc1ccc(NC(=O)C(=O)N/N=C\c2cc(Cl)c(OCC(=O)Nc3ccc(C)c(Cl)c3)c(OC)c2)cc1. The van der Waals surface area contributed by atoms with Crippen molar-refractivity contribution in [3.63, 3.8) is 0 Å². The summed E-state index contributed by atoms with van der Waals surface area (Å²) in [5.74, 6) is -1.25. The molecule has 210 valence electrons. The molecule has 0 aromatic heterocycles. The van der Waals surface area contributed by atoms with E-state index in [0.29, 0.717) is 34.3 Å². The Labute approximate surface area is 241 Å². The van der Waals surface area contributed by atoms with Crippen molar-refractivity contribution in [3.8, 4) is 17.2 Å². The van der Waals surface area contributed by atoms with Gasteiger partial charge in [-0.1, -0.05) is 36.2 Å². The molecule has 0 aliphatic carbocycles.